The highest BCUT2D eigenvalue weighted by Gasteiger charge is 2.30. The van der Waals surface area contributed by atoms with Gasteiger partial charge in [-0.2, -0.15) is 0 Å². The highest BCUT2D eigenvalue weighted by atomic mass is 32.1. The number of hydrogen-bond donors (Lipinski definition) is 3. The van der Waals surface area contributed by atoms with E-state index in [0.717, 1.165) is 17.1 Å². The van der Waals surface area contributed by atoms with Crippen LogP contribution in [0.4, 0.5) is 5.00 Å². The van der Waals surface area contributed by atoms with Crippen LogP contribution in [-0.2, 0) is 16.1 Å². The number of nitrogens with zero attached hydrogens (tertiary/aromatic N) is 3. The molecule has 1 aliphatic rings. The Morgan fingerprint density at radius 3 is 3.25 bits per heavy atom. The number of nitrogens with one attached hydrogen (secondary N) is 2. The molecule has 1 unspecified atom stereocenters. The Balaban J connectivity index is 2.01. The van der Waals surface area contributed by atoms with Crippen LogP contribution in [0.15, 0.2) is 0 Å². The lowest BCUT2D eigenvalue weighted by Crippen LogP contribution is -2.53. The van der Waals surface area contributed by atoms with Gasteiger partial charge in [-0.25, -0.2) is 5.84 Å². The Morgan fingerprint density at radius 2 is 2.50 bits per heavy atom. The van der Waals surface area contributed by atoms with E-state index in [4.69, 9.17) is 10.6 Å². The summed E-state index contributed by atoms with van der Waals surface area (Å²) >= 11 is 1.21. The number of aromatic nitrogens is 2. The molecular weight excluding hydrogens is 280 g/mol. The summed E-state index contributed by atoms with van der Waals surface area (Å²) in [5.74, 6) is 5.42. The van der Waals surface area contributed by atoms with Gasteiger partial charge < -0.3 is 15.5 Å². The first-order valence-electron chi connectivity index (χ1n) is 6.63. The van der Waals surface area contributed by atoms with Crippen molar-refractivity contribution in [3.8, 4) is 0 Å². The lowest BCUT2D eigenvalue weighted by atomic mass is 10.2. The maximum atomic E-state index is 12.1. The van der Waals surface area contributed by atoms with Crippen LogP contribution in [0.25, 0.3) is 0 Å². The molecule has 20 heavy (non-hydrogen) atoms. The number of ether oxygens (including phenoxy) is 1. The Kier molecular flexibility index (Phi) is 5.65. The van der Waals surface area contributed by atoms with E-state index in [0.29, 0.717) is 32.8 Å². The summed E-state index contributed by atoms with van der Waals surface area (Å²) in [4.78, 5) is 14.2. The second-order valence-electron chi connectivity index (χ2n) is 4.55. The summed E-state index contributed by atoms with van der Waals surface area (Å²) in [6, 6.07) is -0.289. The van der Waals surface area contributed by atoms with E-state index in [2.05, 4.69) is 20.3 Å². The molecule has 0 aromatic carbocycles. The first-order valence-corrected chi connectivity index (χ1v) is 7.41. The molecule has 1 fully saturated rings. The van der Waals surface area contributed by atoms with E-state index in [-0.39, 0.29) is 11.9 Å². The Morgan fingerprint density at radius 1 is 1.65 bits per heavy atom. The fourth-order valence-electron chi connectivity index (χ4n) is 2.05. The quantitative estimate of drug-likeness (QED) is 0.483. The highest BCUT2D eigenvalue weighted by molar-refractivity contribution is 7.10. The summed E-state index contributed by atoms with van der Waals surface area (Å²) in [7, 11) is 0. The van der Waals surface area contributed by atoms with Gasteiger partial charge in [-0.3, -0.25) is 9.69 Å². The monoisotopic (exact) mass is 300 g/mol. The van der Waals surface area contributed by atoms with Crippen LogP contribution >= 0.6 is 11.5 Å². The summed E-state index contributed by atoms with van der Waals surface area (Å²) in [6.45, 7) is 4.93. The van der Waals surface area contributed by atoms with E-state index < -0.39 is 0 Å². The number of nitrogens with two attached hydrogens (primary N) is 1. The van der Waals surface area contributed by atoms with E-state index >= 15 is 0 Å². The van der Waals surface area contributed by atoms with E-state index in [1.165, 1.54) is 11.5 Å². The van der Waals surface area contributed by atoms with Crippen molar-refractivity contribution < 1.29 is 9.53 Å². The van der Waals surface area contributed by atoms with Gasteiger partial charge >= 0.3 is 0 Å². The van der Waals surface area contributed by atoms with Crippen LogP contribution < -0.4 is 16.6 Å². The predicted molar refractivity (Wildman–Crippen MR) is 76.0 cm³/mol. The van der Waals surface area contributed by atoms with Crippen LogP contribution in [0.3, 0.4) is 0 Å². The molecule has 9 heteroatoms. The minimum atomic E-state index is -0.289. The molecular formula is C11H20N6O2S. The van der Waals surface area contributed by atoms with Gasteiger partial charge in [0.05, 0.1) is 13.2 Å². The highest BCUT2D eigenvalue weighted by Crippen LogP contribution is 2.20. The van der Waals surface area contributed by atoms with Gasteiger partial charge in [0.25, 0.3) is 0 Å². The fourth-order valence-corrected chi connectivity index (χ4v) is 2.53. The zero-order chi connectivity index (χ0) is 14.4. The van der Waals surface area contributed by atoms with Crippen molar-refractivity contribution in [1.29, 1.82) is 0 Å². The van der Waals surface area contributed by atoms with E-state index in [1.807, 2.05) is 11.8 Å². The average Bonchev–Trinajstić information content (AvgIpc) is 2.92. The number of anilines is 1. The van der Waals surface area contributed by atoms with Gasteiger partial charge in [-0.05, 0) is 6.42 Å². The van der Waals surface area contributed by atoms with Crippen LogP contribution in [-0.4, -0.2) is 52.7 Å². The molecule has 0 radical (unpaired) electrons. The molecule has 0 bridgehead atoms. The predicted octanol–water partition coefficient (Wildman–Crippen LogP) is -0.449. The number of morpholine rings is 1. The first kappa shape index (κ1) is 15.1. The largest absolute Gasteiger partial charge is 0.378 e. The van der Waals surface area contributed by atoms with Crippen LogP contribution in [0.5, 0.6) is 0 Å². The number of rotatable bonds is 6. The van der Waals surface area contributed by atoms with Crippen molar-refractivity contribution in [3.63, 3.8) is 0 Å². The minimum Gasteiger partial charge on any atom is -0.378 e. The summed E-state index contributed by atoms with van der Waals surface area (Å²) in [5.41, 5.74) is 3.34. The number of hydrogen-bond acceptors (Lipinski definition) is 8. The van der Waals surface area contributed by atoms with Gasteiger partial charge in [0, 0.05) is 31.2 Å². The molecule has 0 saturated carbocycles. The van der Waals surface area contributed by atoms with Crippen molar-refractivity contribution in [2.24, 2.45) is 5.84 Å². The molecule has 8 nitrogen and oxygen atoms in total. The summed E-state index contributed by atoms with van der Waals surface area (Å²) in [6.07, 6.45) is 0.913. The summed E-state index contributed by atoms with van der Waals surface area (Å²) in [5, 5.41) is 7.68. The second kappa shape index (κ2) is 7.48. The third-order valence-corrected chi connectivity index (χ3v) is 3.83. The first-order chi connectivity index (χ1) is 9.76. The van der Waals surface area contributed by atoms with E-state index in [9.17, 15) is 4.79 Å². The SMILES string of the molecule is CCCNC(=O)C1COCCN1Cc1nnsc1NN. The molecule has 1 saturated heterocycles. The van der Waals surface area contributed by atoms with Crippen molar-refractivity contribution in [1.82, 2.24) is 19.8 Å². The number of nitrogen functional groups attached to an aromatic ring is 1. The van der Waals surface area contributed by atoms with Gasteiger partial charge in [-0.15, -0.1) is 5.10 Å². The second-order valence-corrected chi connectivity index (χ2v) is 5.30. The van der Waals surface area contributed by atoms with Crippen molar-refractivity contribution in [3.05, 3.63) is 5.69 Å². The van der Waals surface area contributed by atoms with Crippen LogP contribution in [0.1, 0.15) is 19.0 Å². The van der Waals surface area contributed by atoms with Crippen molar-refractivity contribution in [2.45, 2.75) is 25.9 Å². The smallest absolute Gasteiger partial charge is 0.239 e. The fraction of sp³-hybridized carbons (Fsp3) is 0.727. The van der Waals surface area contributed by atoms with Gasteiger partial charge in [0.2, 0.25) is 5.91 Å². The molecule has 2 rings (SSSR count). The standard InChI is InChI=1S/C11H20N6O2S/c1-2-3-13-10(18)9-7-19-5-4-17(9)6-8-11(14-12)20-16-15-8/h9,14H,2-7,12H2,1H3,(H,13,18). The van der Waals surface area contributed by atoms with E-state index in [1.54, 1.807) is 0 Å². The number of hydrazine groups is 1. The molecule has 0 spiro atoms. The van der Waals surface area contributed by atoms with Crippen LogP contribution in [0.2, 0.25) is 0 Å². The topological polar surface area (TPSA) is 105 Å². The molecule has 1 aromatic rings. The zero-order valence-electron chi connectivity index (χ0n) is 11.5. The molecule has 2 heterocycles. The molecule has 1 aliphatic heterocycles. The lowest BCUT2D eigenvalue weighted by Gasteiger charge is -2.34. The van der Waals surface area contributed by atoms with Crippen molar-refractivity contribution >= 4 is 22.4 Å². The maximum absolute atomic E-state index is 12.1. The Hall–Kier alpha value is -1.29. The number of carbonyl (C=O) groups is 1. The molecule has 4 N–H and O–H groups in total. The molecule has 0 aliphatic carbocycles. The van der Waals surface area contributed by atoms with Crippen LogP contribution in [0, 0.1) is 0 Å². The third kappa shape index (κ3) is 3.63. The zero-order valence-corrected chi connectivity index (χ0v) is 12.3. The third-order valence-electron chi connectivity index (χ3n) is 3.13. The molecule has 112 valence electrons. The molecule has 1 amide bonds. The van der Waals surface area contributed by atoms with Gasteiger partial charge in [0.1, 0.15) is 16.7 Å². The molecule has 1 atom stereocenters. The van der Waals surface area contributed by atoms with Crippen molar-refractivity contribution in [2.75, 3.05) is 31.7 Å². The number of carbonyl (C=O) groups excluding carboxylic acids is 1. The summed E-state index contributed by atoms with van der Waals surface area (Å²) < 4.78 is 9.28. The maximum Gasteiger partial charge on any atom is 0.239 e. The minimum absolute atomic E-state index is 0.00278. The lowest BCUT2D eigenvalue weighted by molar-refractivity contribution is -0.133. The Labute approximate surface area is 121 Å². The average molecular weight is 300 g/mol. The Bertz CT molecular complexity index is 440. The van der Waals surface area contributed by atoms with Gasteiger partial charge in [0.15, 0.2) is 0 Å². The van der Waals surface area contributed by atoms with Gasteiger partial charge in [-0.1, -0.05) is 11.4 Å². The normalized spacial score (nSPS) is 19.8. The number of amides is 1. The molecule has 1 aromatic heterocycles.